The van der Waals surface area contributed by atoms with E-state index in [1.165, 1.54) is 0 Å². The molecule has 15 heavy (non-hydrogen) atoms. The van der Waals surface area contributed by atoms with Crippen LogP contribution < -0.4 is 4.90 Å². The van der Waals surface area contributed by atoms with Crippen molar-refractivity contribution in [1.82, 2.24) is 4.98 Å². The van der Waals surface area contributed by atoms with Crippen LogP contribution in [0.2, 0.25) is 0 Å². The minimum absolute atomic E-state index is 0.0765. The Balaban J connectivity index is 2.96. The fourth-order valence-corrected chi connectivity index (χ4v) is 1.41. The van der Waals surface area contributed by atoms with Crippen LogP contribution in [0.4, 0.5) is 5.69 Å². The molecule has 0 aliphatic rings. The van der Waals surface area contributed by atoms with Crippen molar-refractivity contribution >= 4 is 11.6 Å². The van der Waals surface area contributed by atoms with E-state index in [0.29, 0.717) is 18.7 Å². The number of aliphatic hydroxyl groups is 1. The number of amides is 1. The summed E-state index contributed by atoms with van der Waals surface area (Å²) >= 11 is 0. The van der Waals surface area contributed by atoms with Gasteiger partial charge in [0.2, 0.25) is 5.91 Å². The van der Waals surface area contributed by atoms with Crippen LogP contribution in [0.1, 0.15) is 26.0 Å². The predicted octanol–water partition coefficient (Wildman–Crippen LogP) is 1.34. The van der Waals surface area contributed by atoms with Gasteiger partial charge >= 0.3 is 0 Å². The van der Waals surface area contributed by atoms with E-state index in [0.717, 1.165) is 5.69 Å². The lowest BCUT2D eigenvalue weighted by Gasteiger charge is -2.20. The van der Waals surface area contributed by atoms with E-state index in [9.17, 15) is 4.79 Å². The van der Waals surface area contributed by atoms with E-state index < -0.39 is 0 Å². The number of nitrogens with zero attached hydrogens (tertiary/aromatic N) is 2. The van der Waals surface area contributed by atoms with Gasteiger partial charge in [-0.1, -0.05) is 6.92 Å². The smallest absolute Gasteiger partial charge is 0.226 e. The molecule has 0 saturated carbocycles. The summed E-state index contributed by atoms with van der Waals surface area (Å²) in [5.74, 6) is 0.0765. The van der Waals surface area contributed by atoms with Crippen LogP contribution in [-0.2, 0) is 11.4 Å². The Morgan fingerprint density at radius 2 is 2.27 bits per heavy atom. The van der Waals surface area contributed by atoms with E-state index in [1.807, 2.05) is 13.8 Å². The van der Waals surface area contributed by atoms with Gasteiger partial charge in [0.05, 0.1) is 12.3 Å². The number of hydrogen-bond acceptors (Lipinski definition) is 3. The zero-order valence-electron chi connectivity index (χ0n) is 9.10. The summed E-state index contributed by atoms with van der Waals surface area (Å²) in [6.07, 6.45) is 2.08. The van der Waals surface area contributed by atoms with Crippen molar-refractivity contribution in [1.29, 1.82) is 0 Å². The Kier molecular flexibility index (Phi) is 4.24. The SMILES string of the molecule is CCC(=O)N(CC)c1ccnc(CO)c1. The highest BCUT2D eigenvalue weighted by Gasteiger charge is 2.11. The van der Waals surface area contributed by atoms with Crippen LogP contribution in [0, 0.1) is 0 Å². The Hall–Kier alpha value is -1.42. The third-order valence-electron chi connectivity index (χ3n) is 2.19. The summed E-state index contributed by atoms with van der Waals surface area (Å²) in [4.78, 5) is 17.2. The van der Waals surface area contributed by atoms with Gasteiger partial charge in [-0.25, -0.2) is 0 Å². The van der Waals surface area contributed by atoms with E-state index in [1.54, 1.807) is 23.2 Å². The molecule has 1 aromatic rings. The van der Waals surface area contributed by atoms with Crippen LogP contribution in [-0.4, -0.2) is 22.5 Å². The van der Waals surface area contributed by atoms with E-state index >= 15 is 0 Å². The molecule has 0 atom stereocenters. The van der Waals surface area contributed by atoms with Crippen LogP contribution in [0.15, 0.2) is 18.3 Å². The molecule has 0 fully saturated rings. The zero-order valence-corrected chi connectivity index (χ0v) is 9.10. The second-order valence-electron chi connectivity index (χ2n) is 3.16. The Morgan fingerprint density at radius 3 is 2.80 bits per heavy atom. The first-order chi connectivity index (χ1) is 7.22. The van der Waals surface area contributed by atoms with Crippen LogP contribution in [0.3, 0.4) is 0 Å². The molecule has 0 spiro atoms. The summed E-state index contributed by atoms with van der Waals surface area (Å²) in [5.41, 5.74) is 1.37. The first kappa shape index (κ1) is 11.7. The molecule has 1 aromatic heterocycles. The standard InChI is InChI=1S/C11H16N2O2/c1-3-11(15)13(4-2)10-5-6-12-9(7-10)8-14/h5-7,14H,3-4,8H2,1-2H3. The number of aliphatic hydroxyl groups excluding tert-OH is 1. The number of carbonyl (C=O) groups excluding carboxylic acids is 1. The van der Waals surface area contributed by atoms with Crippen molar-refractivity contribution in [3.8, 4) is 0 Å². The molecule has 0 radical (unpaired) electrons. The van der Waals surface area contributed by atoms with Gasteiger partial charge in [-0.2, -0.15) is 0 Å². The maximum atomic E-state index is 11.6. The van der Waals surface area contributed by atoms with Gasteiger partial charge in [0.1, 0.15) is 0 Å². The molecule has 4 nitrogen and oxygen atoms in total. The van der Waals surface area contributed by atoms with E-state index in [-0.39, 0.29) is 12.5 Å². The van der Waals surface area contributed by atoms with Crippen molar-refractivity contribution in [3.63, 3.8) is 0 Å². The molecule has 82 valence electrons. The molecular weight excluding hydrogens is 192 g/mol. The summed E-state index contributed by atoms with van der Waals surface area (Å²) < 4.78 is 0. The molecule has 0 aliphatic carbocycles. The minimum Gasteiger partial charge on any atom is -0.390 e. The third kappa shape index (κ3) is 2.76. The Morgan fingerprint density at radius 1 is 1.53 bits per heavy atom. The lowest BCUT2D eigenvalue weighted by Crippen LogP contribution is -2.29. The highest BCUT2D eigenvalue weighted by atomic mass is 16.3. The predicted molar refractivity (Wildman–Crippen MR) is 58.5 cm³/mol. The van der Waals surface area contributed by atoms with Gasteiger partial charge in [-0.3, -0.25) is 9.78 Å². The molecule has 0 aliphatic heterocycles. The minimum atomic E-state index is -0.105. The van der Waals surface area contributed by atoms with Gasteiger partial charge in [0.15, 0.2) is 0 Å². The summed E-state index contributed by atoms with van der Waals surface area (Å²) in [7, 11) is 0. The average Bonchev–Trinajstić information content (AvgIpc) is 2.30. The molecule has 4 heteroatoms. The monoisotopic (exact) mass is 208 g/mol. The van der Waals surface area contributed by atoms with E-state index in [2.05, 4.69) is 4.98 Å². The molecule has 0 unspecified atom stereocenters. The van der Waals surface area contributed by atoms with Crippen molar-refractivity contribution in [2.75, 3.05) is 11.4 Å². The van der Waals surface area contributed by atoms with Gasteiger partial charge in [0, 0.05) is 24.8 Å². The molecule has 0 aromatic carbocycles. The highest BCUT2D eigenvalue weighted by Crippen LogP contribution is 2.15. The summed E-state index contributed by atoms with van der Waals surface area (Å²) in [6.45, 7) is 4.28. The average molecular weight is 208 g/mol. The van der Waals surface area contributed by atoms with Gasteiger partial charge in [0.25, 0.3) is 0 Å². The Labute approximate surface area is 89.6 Å². The van der Waals surface area contributed by atoms with Crippen molar-refractivity contribution in [2.45, 2.75) is 26.9 Å². The fourth-order valence-electron chi connectivity index (χ4n) is 1.41. The molecule has 1 rings (SSSR count). The van der Waals surface area contributed by atoms with Gasteiger partial charge < -0.3 is 10.0 Å². The molecule has 1 amide bonds. The topological polar surface area (TPSA) is 53.4 Å². The number of pyridine rings is 1. The molecule has 1 heterocycles. The lowest BCUT2D eigenvalue weighted by atomic mass is 10.2. The number of anilines is 1. The fraction of sp³-hybridized carbons (Fsp3) is 0.455. The largest absolute Gasteiger partial charge is 0.390 e. The number of carbonyl (C=O) groups is 1. The van der Waals surface area contributed by atoms with Crippen LogP contribution in [0.5, 0.6) is 0 Å². The summed E-state index contributed by atoms with van der Waals surface area (Å²) in [5, 5.41) is 8.95. The van der Waals surface area contributed by atoms with Gasteiger partial charge in [-0.15, -0.1) is 0 Å². The lowest BCUT2D eigenvalue weighted by molar-refractivity contribution is -0.118. The number of rotatable bonds is 4. The van der Waals surface area contributed by atoms with Crippen LogP contribution in [0.25, 0.3) is 0 Å². The molecule has 0 saturated heterocycles. The third-order valence-corrected chi connectivity index (χ3v) is 2.19. The second-order valence-corrected chi connectivity index (χ2v) is 3.16. The van der Waals surface area contributed by atoms with Gasteiger partial charge in [-0.05, 0) is 19.1 Å². The maximum absolute atomic E-state index is 11.6. The van der Waals surface area contributed by atoms with Crippen molar-refractivity contribution < 1.29 is 9.90 Å². The number of hydrogen-bond donors (Lipinski definition) is 1. The molecule has 1 N–H and O–H groups in total. The first-order valence-electron chi connectivity index (χ1n) is 5.09. The first-order valence-corrected chi connectivity index (χ1v) is 5.09. The quantitative estimate of drug-likeness (QED) is 0.812. The van der Waals surface area contributed by atoms with Crippen molar-refractivity contribution in [2.24, 2.45) is 0 Å². The van der Waals surface area contributed by atoms with E-state index in [4.69, 9.17) is 5.11 Å². The van der Waals surface area contributed by atoms with Crippen molar-refractivity contribution in [3.05, 3.63) is 24.0 Å². The highest BCUT2D eigenvalue weighted by molar-refractivity contribution is 5.93. The maximum Gasteiger partial charge on any atom is 0.226 e. The van der Waals surface area contributed by atoms with Crippen LogP contribution >= 0.6 is 0 Å². The number of aromatic nitrogens is 1. The summed E-state index contributed by atoms with van der Waals surface area (Å²) in [6, 6.07) is 3.51. The zero-order chi connectivity index (χ0) is 11.3. The second kappa shape index (κ2) is 5.46. The Bertz CT molecular complexity index is 339. The molecular formula is C11H16N2O2. The normalized spacial score (nSPS) is 10.1. The molecule has 0 bridgehead atoms.